The first-order chi connectivity index (χ1) is 15.1. The molecule has 1 aliphatic rings. The highest BCUT2D eigenvalue weighted by Gasteiger charge is 2.24. The number of hydrogen-bond acceptors (Lipinski definition) is 6. The van der Waals surface area contributed by atoms with Crippen LogP contribution in [0.1, 0.15) is 23.2 Å². The SMILES string of the molecule is C=CCn1c(SCC(=O)Nc2cccc(C(=O)NC3CC3)c2)nnc1-c1ccncc1. The fourth-order valence-corrected chi connectivity index (χ4v) is 3.71. The Morgan fingerprint density at radius 1 is 1.19 bits per heavy atom. The topological polar surface area (TPSA) is 102 Å². The van der Waals surface area contributed by atoms with Gasteiger partial charge in [-0.2, -0.15) is 0 Å². The molecule has 158 valence electrons. The van der Waals surface area contributed by atoms with Crippen molar-refractivity contribution in [3.05, 3.63) is 67.0 Å². The molecule has 3 aromatic rings. The molecule has 2 aromatic heterocycles. The average molecular weight is 435 g/mol. The lowest BCUT2D eigenvalue weighted by atomic mass is 10.2. The zero-order chi connectivity index (χ0) is 21.6. The Hall–Kier alpha value is -3.46. The number of allylic oxidation sites excluding steroid dienone is 1. The third kappa shape index (κ3) is 5.37. The molecule has 31 heavy (non-hydrogen) atoms. The fourth-order valence-electron chi connectivity index (χ4n) is 2.97. The van der Waals surface area contributed by atoms with Crippen LogP contribution in [0.15, 0.2) is 66.6 Å². The lowest BCUT2D eigenvalue weighted by Gasteiger charge is -2.09. The normalized spacial score (nSPS) is 12.9. The van der Waals surface area contributed by atoms with E-state index in [0.717, 1.165) is 18.4 Å². The molecule has 1 fully saturated rings. The number of nitrogens with one attached hydrogen (secondary N) is 2. The molecule has 9 heteroatoms. The van der Waals surface area contributed by atoms with Crippen LogP contribution in [0.2, 0.25) is 0 Å². The number of anilines is 1. The van der Waals surface area contributed by atoms with Crippen LogP contribution < -0.4 is 10.6 Å². The number of hydrogen-bond donors (Lipinski definition) is 2. The van der Waals surface area contributed by atoms with Crippen LogP contribution in [0, 0.1) is 0 Å². The minimum atomic E-state index is -0.191. The Kier molecular flexibility index (Phi) is 6.42. The van der Waals surface area contributed by atoms with Crippen molar-refractivity contribution in [1.82, 2.24) is 25.1 Å². The molecule has 4 rings (SSSR count). The van der Waals surface area contributed by atoms with Crippen LogP contribution in [0.5, 0.6) is 0 Å². The maximum atomic E-state index is 12.5. The van der Waals surface area contributed by atoms with Gasteiger partial charge < -0.3 is 10.6 Å². The van der Waals surface area contributed by atoms with Crippen molar-refractivity contribution >= 4 is 29.3 Å². The van der Waals surface area contributed by atoms with Crippen LogP contribution in [-0.4, -0.2) is 43.4 Å². The highest BCUT2D eigenvalue weighted by atomic mass is 32.2. The first-order valence-corrected chi connectivity index (χ1v) is 10.9. The van der Waals surface area contributed by atoms with Crippen LogP contribution in [-0.2, 0) is 11.3 Å². The Balaban J connectivity index is 1.39. The fraction of sp³-hybridized carbons (Fsp3) is 0.227. The zero-order valence-electron chi connectivity index (χ0n) is 16.8. The van der Waals surface area contributed by atoms with E-state index in [1.807, 2.05) is 16.7 Å². The molecule has 2 N–H and O–H groups in total. The largest absolute Gasteiger partial charge is 0.349 e. The molecule has 1 saturated carbocycles. The molecule has 2 heterocycles. The predicted molar refractivity (Wildman–Crippen MR) is 120 cm³/mol. The third-order valence-corrected chi connectivity index (χ3v) is 5.59. The summed E-state index contributed by atoms with van der Waals surface area (Å²) in [5.74, 6) is 0.543. The Morgan fingerprint density at radius 3 is 2.74 bits per heavy atom. The minimum absolute atomic E-state index is 0.117. The number of rotatable bonds is 9. The van der Waals surface area contributed by atoms with Gasteiger partial charge in [0.15, 0.2) is 11.0 Å². The molecule has 1 aromatic carbocycles. The molecule has 0 unspecified atom stereocenters. The van der Waals surface area contributed by atoms with Crippen molar-refractivity contribution in [2.24, 2.45) is 0 Å². The maximum absolute atomic E-state index is 12.5. The van der Waals surface area contributed by atoms with Gasteiger partial charge in [0.1, 0.15) is 0 Å². The minimum Gasteiger partial charge on any atom is -0.349 e. The molecule has 0 radical (unpaired) electrons. The number of pyridine rings is 1. The van der Waals surface area contributed by atoms with Crippen molar-refractivity contribution in [2.75, 3.05) is 11.1 Å². The highest BCUT2D eigenvalue weighted by molar-refractivity contribution is 7.99. The van der Waals surface area contributed by atoms with Crippen molar-refractivity contribution in [3.8, 4) is 11.4 Å². The third-order valence-electron chi connectivity index (χ3n) is 4.62. The average Bonchev–Trinajstić information content (AvgIpc) is 3.51. The number of aromatic nitrogens is 4. The van der Waals surface area contributed by atoms with E-state index < -0.39 is 0 Å². The summed E-state index contributed by atoms with van der Waals surface area (Å²) >= 11 is 1.29. The van der Waals surface area contributed by atoms with E-state index in [1.165, 1.54) is 11.8 Å². The number of carbonyl (C=O) groups is 2. The van der Waals surface area contributed by atoms with Gasteiger partial charge >= 0.3 is 0 Å². The van der Waals surface area contributed by atoms with Crippen LogP contribution in [0.25, 0.3) is 11.4 Å². The highest BCUT2D eigenvalue weighted by Crippen LogP contribution is 2.24. The van der Waals surface area contributed by atoms with Crippen molar-refractivity contribution in [2.45, 2.75) is 30.6 Å². The van der Waals surface area contributed by atoms with Crippen molar-refractivity contribution < 1.29 is 9.59 Å². The molecule has 0 bridgehead atoms. The second-order valence-electron chi connectivity index (χ2n) is 7.11. The summed E-state index contributed by atoms with van der Waals surface area (Å²) in [5.41, 5.74) is 2.01. The quantitative estimate of drug-likeness (QED) is 0.396. The monoisotopic (exact) mass is 434 g/mol. The van der Waals surface area contributed by atoms with Gasteiger partial charge in [-0.1, -0.05) is 23.9 Å². The Labute approximate surface area is 184 Å². The van der Waals surface area contributed by atoms with Gasteiger partial charge in [0, 0.05) is 41.8 Å². The van der Waals surface area contributed by atoms with E-state index in [1.54, 1.807) is 42.7 Å². The number of carbonyl (C=O) groups excluding carboxylic acids is 2. The van der Waals surface area contributed by atoms with Crippen molar-refractivity contribution in [3.63, 3.8) is 0 Å². The van der Waals surface area contributed by atoms with Gasteiger partial charge in [0.25, 0.3) is 5.91 Å². The standard InChI is InChI=1S/C22H22N6O2S/c1-2-12-28-20(15-8-10-23-11-9-15)26-27-22(28)31-14-19(29)24-18-5-3-4-16(13-18)21(30)25-17-6-7-17/h2-5,8-11,13,17H,1,6-7,12,14H2,(H,24,29)(H,25,30). The van der Waals surface area contributed by atoms with E-state index in [2.05, 4.69) is 32.4 Å². The second-order valence-corrected chi connectivity index (χ2v) is 8.05. The molecule has 0 aliphatic heterocycles. The number of amides is 2. The van der Waals surface area contributed by atoms with Gasteiger partial charge in [-0.15, -0.1) is 16.8 Å². The van der Waals surface area contributed by atoms with E-state index in [0.29, 0.717) is 28.8 Å². The lowest BCUT2D eigenvalue weighted by molar-refractivity contribution is -0.113. The number of thioether (sulfide) groups is 1. The summed E-state index contributed by atoms with van der Waals surface area (Å²) in [4.78, 5) is 28.7. The van der Waals surface area contributed by atoms with E-state index in [9.17, 15) is 9.59 Å². The van der Waals surface area contributed by atoms with Gasteiger partial charge in [-0.3, -0.25) is 19.1 Å². The Bertz CT molecular complexity index is 1090. The van der Waals surface area contributed by atoms with E-state index in [4.69, 9.17) is 0 Å². The van der Waals surface area contributed by atoms with Gasteiger partial charge in [-0.05, 0) is 43.2 Å². The molecule has 0 spiro atoms. The van der Waals surface area contributed by atoms with Gasteiger partial charge in [0.2, 0.25) is 5.91 Å². The first-order valence-electron chi connectivity index (χ1n) is 9.92. The van der Waals surface area contributed by atoms with Crippen LogP contribution in [0.3, 0.4) is 0 Å². The molecular formula is C22H22N6O2S. The molecule has 0 saturated heterocycles. The lowest BCUT2D eigenvalue weighted by Crippen LogP contribution is -2.25. The zero-order valence-corrected chi connectivity index (χ0v) is 17.6. The van der Waals surface area contributed by atoms with Crippen LogP contribution >= 0.6 is 11.8 Å². The summed E-state index contributed by atoms with van der Waals surface area (Å²) in [6.45, 7) is 4.32. The first kappa shape index (κ1) is 20.8. The summed E-state index contributed by atoms with van der Waals surface area (Å²) < 4.78 is 1.91. The summed E-state index contributed by atoms with van der Waals surface area (Å²) in [7, 11) is 0. The second kappa shape index (κ2) is 9.57. The van der Waals surface area contributed by atoms with Crippen molar-refractivity contribution in [1.29, 1.82) is 0 Å². The molecular weight excluding hydrogens is 412 g/mol. The Morgan fingerprint density at radius 2 is 2.00 bits per heavy atom. The summed E-state index contributed by atoms with van der Waals surface area (Å²) in [5, 5.41) is 14.9. The maximum Gasteiger partial charge on any atom is 0.251 e. The molecule has 8 nitrogen and oxygen atoms in total. The summed E-state index contributed by atoms with van der Waals surface area (Å²) in [6.07, 6.45) is 7.21. The molecule has 1 aliphatic carbocycles. The van der Waals surface area contributed by atoms with Crippen LogP contribution in [0.4, 0.5) is 5.69 Å². The smallest absolute Gasteiger partial charge is 0.251 e. The number of benzene rings is 1. The predicted octanol–water partition coefficient (Wildman–Crippen LogP) is 3.15. The van der Waals surface area contributed by atoms with E-state index >= 15 is 0 Å². The molecule has 0 atom stereocenters. The summed E-state index contributed by atoms with van der Waals surface area (Å²) in [6, 6.07) is 10.9. The number of nitrogens with zero attached hydrogens (tertiary/aromatic N) is 4. The molecule has 2 amide bonds. The van der Waals surface area contributed by atoms with Gasteiger partial charge in [0.05, 0.1) is 5.75 Å². The van der Waals surface area contributed by atoms with E-state index in [-0.39, 0.29) is 23.6 Å². The van der Waals surface area contributed by atoms with Gasteiger partial charge in [-0.25, -0.2) is 0 Å².